The number of methoxy groups -OCH3 is 1. The average molecular weight is 310 g/mol. The number of carbonyl (C=O) groups is 3. The minimum atomic E-state index is -0.662. The van der Waals surface area contributed by atoms with Crippen molar-refractivity contribution in [3.63, 3.8) is 0 Å². The molecule has 6 nitrogen and oxygen atoms in total. The largest absolute Gasteiger partial charge is 0.499 e. The predicted molar refractivity (Wildman–Crippen MR) is 82.8 cm³/mol. The van der Waals surface area contributed by atoms with Gasteiger partial charge in [-0.15, -0.1) is 0 Å². The third-order valence-corrected chi connectivity index (χ3v) is 3.71. The highest BCUT2D eigenvalue weighted by Gasteiger charge is 2.40. The number of nitrogens with one attached hydrogen (secondary N) is 1. The fourth-order valence-electron chi connectivity index (χ4n) is 2.58. The van der Waals surface area contributed by atoms with Crippen LogP contribution in [0.4, 0.5) is 0 Å². The topological polar surface area (TPSA) is 75.7 Å². The molecule has 0 spiro atoms. The molecule has 0 aromatic heterocycles. The SMILES string of the molecule is CCCC(NC(=O)CC)C(=O)N1C(=O)C=C(OC)C1CCC. The van der Waals surface area contributed by atoms with E-state index >= 15 is 0 Å². The van der Waals surface area contributed by atoms with E-state index in [1.165, 1.54) is 18.1 Å². The van der Waals surface area contributed by atoms with Gasteiger partial charge in [0.1, 0.15) is 11.8 Å². The molecule has 0 bridgehead atoms. The molecule has 22 heavy (non-hydrogen) atoms. The molecule has 6 heteroatoms. The standard InChI is InChI=1S/C16H26N2O4/c1-5-8-11(17-14(19)7-3)16(21)18-12(9-6-2)13(22-4)10-15(18)20/h10-12H,5-9H2,1-4H3,(H,17,19). The van der Waals surface area contributed by atoms with Crippen molar-refractivity contribution in [3.8, 4) is 0 Å². The van der Waals surface area contributed by atoms with E-state index in [1.54, 1.807) is 6.92 Å². The monoisotopic (exact) mass is 310 g/mol. The van der Waals surface area contributed by atoms with Crippen molar-refractivity contribution in [2.24, 2.45) is 0 Å². The molecule has 0 aromatic rings. The van der Waals surface area contributed by atoms with Gasteiger partial charge in [0.25, 0.3) is 11.8 Å². The van der Waals surface area contributed by atoms with Gasteiger partial charge >= 0.3 is 0 Å². The molecule has 124 valence electrons. The molecule has 1 rings (SSSR count). The lowest BCUT2D eigenvalue weighted by Crippen LogP contribution is -2.52. The van der Waals surface area contributed by atoms with Crippen LogP contribution in [0.3, 0.4) is 0 Å². The number of amides is 3. The predicted octanol–water partition coefficient (Wildman–Crippen LogP) is 1.75. The van der Waals surface area contributed by atoms with Crippen molar-refractivity contribution >= 4 is 17.7 Å². The van der Waals surface area contributed by atoms with Crippen molar-refractivity contribution < 1.29 is 19.1 Å². The third kappa shape index (κ3) is 4.08. The van der Waals surface area contributed by atoms with Crippen LogP contribution in [0.25, 0.3) is 0 Å². The Labute approximate surface area is 131 Å². The van der Waals surface area contributed by atoms with Gasteiger partial charge in [0.2, 0.25) is 5.91 Å². The quantitative estimate of drug-likeness (QED) is 0.741. The van der Waals surface area contributed by atoms with E-state index in [0.717, 1.165) is 12.8 Å². The summed E-state index contributed by atoms with van der Waals surface area (Å²) in [6.07, 6.45) is 4.39. The summed E-state index contributed by atoms with van der Waals surface area (Å²) in [6.45, 7) is 5.65. The fraction of sp³-hybridized carbons (Fsp3) is 0.688. The zero-order chi connectivity index (χ0) is 16.7. The maximum absolute atomic E-state index is 12.7. The molecular formula is C16H26N2O4. The smallest absolute Gasteiger partial charge is 0.257 e. The summed E-state index contributed by atoms with van der Waals surface area (Å²) < 4.78 is 5.23. The second kappa shape index (κ2) is 8.56. The van der Waals surface area contributed by atoms with Gasteiger partial charge < -0.3 is 10.1 Å². The molecule has 2 unspecified atom stereocenters. The molecule has 2 atom stereocenters. The number of carbonyl (C=O) groups excluding carboxylic acids is 3. The first kappa shape index (κ1) is 18.2. The van der Waals surface area contributed by atoms with Gasteiger partial charge in [-0.05, 0) is 12.8 Å². The van der Waals surface area contributed by atoms with Crippen molar-refractivity contribution in [1.29, 1.82) is 0 Å². The second-order valence-corrected chi connectivity index (χ2v) is 5.36. The summed E-state index contributed by atoms with van der Waals surface area (Å²) in [6, 6.07) is -1.03. The maximum Gasteiger partial charge on any atom is 0.257 e. The molecule has 0 saturated carbocycles. The highest BCUT2D eigenvalue weighted by molar-refractivity contribution is 6.06. The molecule has 0 fully saturated rings. The van der Waals surface area contributed by atoms with Crippen LogP contribution in [0, 0.1) is 0 Å². The van der Waals surface area contributed by atoms with Crippen LogP contribution < -0.4 is 5.32 Å². The maximum atomic E-state index is 12.7. The zero-order valence-electron chi connectivity index (χ0n) is 13.8. The first-order chi connectivity index (χ1) is 10.5. The first-order valence-corrected chi connectivity index (χ1v) is 7.91. The third-order valence-electron chi connectivity index (χ3n) is 3.71. The molecule has 1 aliphatic heterocycles. The number of hydrogen-bond donors (Lipinski definition) is 1. The first-order valence-electron chi connectivity index (χ1n) is 7.91. The van der Waals surface area contributed by atoms with Gasteiger partial charge in [-0.1, -0.05) is 33.6 Å². The summed E-state index contributed by atoms with van der Waals surface area (Å²) >= 11 is 0. The van der Waals surface area contributed by atoms with Gasteiger partial charge in [0.05, 0.1) is 13.2 Å². The van der Waals surface area contributed by atoms with E-state index in [2.05, 4.69) is 5.32 Å². The highest BCUT2D eigenvalue weighted by Crippen LogP contribution is 2.25. The van der Waals surface area contributed by atoms with Crippen LogP contribution in [0.5, 0.6) is 0 Å². The van der Waals surface area contributed by atoms with E-state index in [1.807, 2.05) is 13.8 Å². The minimum Gasteiger partial charge on any atom is -0.499 e. The van der Waals surface area contributed by atoms with Gasteiger partial charge in [-0.3, -0.25) is 19.3 Å². The number of ether oxygens (including phenoxy) is 1. The Morgan fingerprint density at radius 1 is 1.32 bits per heavy atom. The molecule has 0 aliphatic carbocycles. The Hall–Kier alpha value is -1.85. The zero-order valence-corrected chi connectivity index (χ0v) is 13.8. The molecule has 0 aromatic carbocycles. The van der Waals surface area contributed by atoms with Crippen LogP contribution in [-0.4, -0.2) is 41.8 Å². The van der Waals surface area contributed by atoms with Crippen molar-refractivity contribution in [2.75, 3.05) is 7.11 Å². The van der Waals surface area contributed by atoms with Crippen LogP contribution in [-0.2, 0) is 19.1 Å². The lowest BCUT2D eigenvalue weighted by molar-refractivity contribution is -0.146. The molecule has 1 heterocycles. The van der Waals surface area contributed by atoms with Crippen LogP contribution in [0.15, 0.2) is 11.8 Å². The molecule has 1 N–H and O–H groups in total. The summed E-state index contributed by atoms with van der Waals surface area (Å²) in [7, 11) is 1.50. The second-order valence-electron chi connectivity index (χ2n) is 5.36. The lowest BCUT2D eigenvalue weighted by Gasteiger charge is -2.28. The molecule has 0 saturated heterocycles. The number of rotatable bonds is 8. The molecule has 0 radical (unpaired) electrons. The molecule has 3 amide bonds. The van der Waals surface area contributed by atoms with E-state index < -0.39 is 6.04 Å². The number of hydrogen-bond acceptors (Lipinski definition) is 4. The summed E-state index contributed by atoms with van der Waals surface area (Å²) in [4.78, 5) is 37.8. The van der Waals surface area contributed by atoms with Crippen molar-refractivity contribution in [3.05, 3.63) is 11.8 Å². The summed E-state index contributed by atoms with van der Waals surface area (Å²) in [5, 5.41) is 2.71. The van der Waals surface area contributed by atoms with Gasteiger partial charge in [-0.25, -0.2) is 0 Å². The Morgan fingerprint density at radius 2 is 2.00 bits per heavy atom. The summed E-state index contributed by atoms with van der Waals surface area (Å²) in [5.74, 6) is -0.398. The Balaban J connectivity index is 2.95. The Bertz CT molecular complexity index is 459. The molecular weight excluding hydrogens is 284 g/mol. The highest BCUT2D eigenvalue weighted by atomic mass is 16.5. The van der Waals surface area contributed by atoms with Crippen LogP contribution >= 0.6 is 0 Å². The molecule has 1 aliphatic rings. The van der Waals surface area contributed by atoms with E-state index in [0.29, 0.717) is 25.0 Å². The van der Waals surface area contributed by atoms with Crippen LogP contribution in [0.1, 0.15) is 52.9 Å². The average Bonchev–Trinajstić information content (AvgIpc) is 2.82. The normalized spacial score (nSPS) is 18.9. The van der Waals surface area contributed by atoms with Gasteiger partial charge in [0.15, 0.2) is 0 Å². The number of nitrogens with zero attached hydrogens (tertiary/aromatic N) is 1. The Morgan fingerprint density at radius 3 is 2.50 bits per heavy atom. The summed E-state index contributed by atoms with van der Waals surface area (Å²) in [5.41, 5.74) is 0. The fourth-order valence-corrected chi connectivity index (χ4v) is 2.58. The van der Waals surface area contributed by atoms with Crippen molar-refractivity contribution in [2.45, 2.75) is 65.0 Å². The van der Waals surface area contributed by atoms with E-state index in [9.17, 15) is 14.4 Å². The van der Waals surface area contributed by atoms with E-state index in [4.69, 9.17) is 4.74 Å². The lowest BCUT2D eigenvalue weighted by atomic mass is 10.1. The van der Waals surface area contributed by atoms with E-state index in [-0.39, 0.29) is 23.8 Å². The Kier molecular flexibility index (Phi) is 7.08. The van der Waals surface area contributed by atoms with Crippen molar-refractivity contribution in [1.82, 2.24) is 10.2 Å². The van der Waals surface area contributed by atoms with Crippen LogP contribution in [0.2, 0.25) is 0 Å². The number of imide groups is 1. The van der Waals surface area contributed by atoms with Gasteiger partial charge in [0, 0.05) is 12.5 Å². The minimum absolute atomic E-state index is 0.189. The van der Waals surface area contributed by atoms with Gasteiger partial charge in [-0.2, -0.15) is 0 Å².